The number of nitrogens with zero attached hydrogens (tertiary/aromatic N) is 8. The van der Waals surface area contributed by atoms with E-state index >= 15 is 0 Å². The van der Waals surface area contributed by atoms with Gasteiger partial charge in [0.25, 0.3) is 0 Å². The summed E-state index contributed by atoms with van der Waals surface area (Å²) in [5.74, 6) is 1.96. The zero-order chi connectivity index (χ0) is 40.7. The van der Waals surface area contributed by atoms with Gasteiger partial charge in [0.15, 0.2) is 11.6 Å². The molecule has 0 saturated heterocycles. The molecule has 11 nitrogen and oxygen atoms in total. The van der Waals surface area contributed by atoms with E-state index in [1.807, 2.05) is 18.2 Å². The minimum absolute atomic E-state index is 0. The molecule has 0 saturated carbocycles. The molecule has 0 amide bonds. The van der Waals surface area contributed by atoms with Crippen LogP contribution in [0.5, 0.6) is 0 Å². The highest BCUT2D eigenvalue weighted by atomic mass is 35.5. The van der Waals surface area contributed by atoms with Gasteiger partial charge in [0, 0.05) is 61.6 Å². The maximum absolute atomic E-state index is 13.0. The van der Waals surface area contributed by atoms with Gasteiger partial charge in [-0.05, 0) is 104 Å². The molecule has 4 aromatic heterocycles. The van der Waals surface area contributed by atoms with E-state index in [0.717, 1.165) is 40.9 Å². The third-order valence-electron chi connectivity index (χ3n) is 8.32. The fourth-order valence-electron chi connectivity index (χ4n) is 5.00. The average molecular weight is 802 g/mol. The van der Waals surface area contributed by atoms with Gasteiger partial charge in [0.1, 0.15) is 23.3 Å². The van der Waals surface area contributed by atoms with Crippen molar-refractivity contribution in [3.05, 3.63) is 132 Å². The second-order valence-corrected chi connectivity index (χ2v) is 12.6. The van der Waals surface area contributed by atoms with E-state index in [0.29, 0.717) is 43.2 Å². The Kier molecular flexibility index (Phi) is 22.0. The molecule has 14 heteroatoms. The van der Waals surface area contributed by atoms with Gasteiger partial charge in [0.2, 0.25) is 11.1 Å². The number of aromatic amines is 1. The number of hydrogen-bond donors (Lipinski definition) is 1. The van der Waals surface area contributed by atoms with Gasteiger partial charge in [0.05, 0.1) is 0 Å². The van der Waals surface area contributed by atoms with Crippen LogP contribution in [0.4, 0.5) is 8.78 Å². The topological polar surface area (TPSA) is 135 Å². The van der Waals surface area contributed by atoms with E-state index in [1.54, 1.807) is 69.0 Å². The molecule has 0 aliphatic carbocycles. The molecule has 304 valence electrons. The molecule has 0 atom stereocenters. The Balaban J connectivity index is 0.000000305. The fourth-order valence-corrected chi connectivity index (χ4v) is 5.00. The summed E-state index contributed by atoms with van der Waals surface area (Å²) in [6.45, 7) is 13.6. The number of aromatic nitrogens is 8. The number of carbonyl (C=O) groups is 2. The first-order valence-corrected chi connectivity index (χ1v) is 19.1. The normalized spacial score (nSPS) is 10.2. The van der Waals surface area contributed by atoms with Crippen molar-refractivity contribution in [1.82, 2.24) is 44.8 Å². The highest BCUT2D eigenvalue weighted by Crippen LogP contribution is 2.17. The molecule has 57 heavy (non-hydrogen) atoms. The van der Waals surface area contributed by atoms with Crippen molar-refractivity contribution in [2.75, 3.05) is 19.6 Å². The van der Waals surface area contributed by atoms with E-state index < -0.39 is 0 Å². The minimum atomic E-state index is -0.273. The van der Waals surface area contributed by atoms with Gasteiger partial charge in [-0.3, -0.25) is 24.7 Å². The fraction of sp³-hybridized carbons (Fsp3) is 0.349. The number of aryl methyl sites for hydroxylation is 4. The summed E-state index contributed by atoms with van der Waals surface area (Å²) in [5.41, 5.74) is 3.71. The van der Waals surface area contributed by atoms with Gasteiger partial charge >= 0.3 is 0 Å². The largest absolute Gasteiger partial charge is 0.304 e. The van der Waals surface area contributed by atoms with Crippen LogP contribution in [-0.2, 0) is 30.5 Å². The third-order valence-corrected chi connectivity index (χ3v) is 8.59. The molecule has 0 unspecified atom stereocenters. The molecule has 6 aromatic rings. The maximum atomic E-state index is 13.0. The molecule has 2 aromatic carbocycles. The molecule has 4 heterocycles. The predicted molar refractivity (Wildman–Crippen MR) is 223 cm³/mol. The van der Waals surface area contributed by atoms with Crippen LogP contribution >= 0.6 is 11.6 Å². The second-order valence-electron chi connectivity index (χ2n) is 12.2. The molecule has 0 bridgehead atoms. The number of rotatable bonds is 13. The number of carbonyl (C=O) groups excluding carboxylic acids is 2. The molecule has 0 radical (unpaired) electrons. The molecular weight excluding hydrogens is 748 g/mol. The van der Waals surface area contributed by atoms with Crippen molar-refractivity contribution < 1.29 is 18.4 Å². The second kappa shape index (κ2) is 26.3. The van der Waals surface area contributed by atoms with Crippen molar-refractivity contribution in [1.29, 1.82) is 0 Å². The van der Waals surface area contributed by atoms with Crippen LogP contribution in [0.15, 0.2) is 97.6 Å². The highest BCUT2D eigenvalue weighted by Gasteiger charge is 2.16. The lowest BCUT2D eigenvalue weighted by atomic mass is 10.1. The van der Waals surface area contributed by atoms with Crippen LogP contribution in [0.2, 0.25) is 0 Å². The summed E-state index contributed by atoms with van der Waals surface area (Å²) < 4.78 is 27.2. The lowest BCUT2D eigenvalue weighted by Crippen LogP contribution is -2.21. The summed E-state index contributed by atoms with van der Waals surface area (Å²) in [5, 5.41) is 11.2. The van der Waals surface area contributed by atoms with Gasteiger partial charge in [-0.2, -0.15) is 9.78 Å². The quantitative estimate of drug-likeness (QED) is 0.113. The standard InChI is InChI=1S/C18H17FN4O.C15H13FN4.C6H15N.C3H5ClO.CH4/c1-2-17(24)23-16(10-7-13-5-8-15(19)9-6-13)21-18(22-23)14-4-3-11-20-12-14;16-13-6-3-11(4-7-13)5-8-14-18-15(20-19-14)12-2-1-9-17-10-12;1-4-7(5-2)6-3;1-2-3(4)5;/h3-6,8-9,11-12H,2,7,10H2,1H3;1-4,6-7,9-10H,5,8H2,(H,18,19,20);4-6H2,1-3H3;2H2,1H3;1H4. The van der Waals surface area contributed by atoms with Crippen LogP contribution in [-0.4, -0.2) is 75.6 Å². The van der Waals surface area contributed by atoms with Crippen molar-refractivity contribution in [2.45, 2.75) is 80.6 Å². The first-order chi connectivity index (χ1) is 27.1. The Morgan fingerprint density at radius 1 is 0.684 bits per heavy atom. The Morgan fingerprint density at radius 3 is 1.60 bits per heavy atom. The van der Waals surface area contributed by atoms with E-state index in [2.05, 4.69) is 60.9 Å². The monoisotopic (exact) mass is 801 g/mol. The summed E-state index contributed by atoms with van der Waals surface area (Å²) in [7, 11) is 0. The van der Waals surface area contributed by atoms with E-state index in [9.17, 15) is 18.4 Å². The smallest absolute Gasteiger partial charge is 0.248 e. The molecular formula is C43H54ClF2N9O2. The average Bonchev–Trinajstić information content (AvgIpc) is 3.90. The van der Waals surface area contributed by atoms with Crippen LogP contribution in [0.25, 0.3) is 22.8 Å². The van der Waals surface area contributed by atoms with Gasteiger partial charge in [-0.1, -0.05) is 66.3 Å². The Morgan fingerprint density at radius 2 is 1.18 bits per heavy atom. The summed E-state index contributed by atoms with van der Waals surface area (Å²) in [4.78, 5) is 41.1. The Bertz CT molecular complexity index is 2000. The van der Waals surface area contributed by atoms with Gasteiger partial charge < -0.3 is 4.90 Å². The highest BCUT2D eigenvalue weighted by molar-refractivity contribution is 6.63. The zero-order valence-electron chi connectivity index (χ0n) is 32.6. The van der Waals surface area contributed by atoms with Crippen molar-refractivity contribution >= 4 is 22.8 Å². The number of pyridine rings is 2. The minimum Gasteiger partial charge on any atom is -0.304 e. The third kappa shape index (κ3) is 17.0. The SMILES string of the molecule is C.CCC(=O)Cl.CCC(=O)n1nc(-c2cccnc2)nc1CCc1ccc(F)cc1.CCN(CC)CC.Fc1ccc(CCc2nc(-c3cccnc3)n[nH]2)cc1. The summed E-state index contributed by atoms with van der Waals surface area (Å²) in [6.07, 6.45) is 10.3. The number of nitrogens with one attached hydrogen (secondary N) is 1. The molecule has 0 aliphatic rings. The van der Waals surface area contributed by atoms with Crippen LogP contribution in [0, 0.1) is 11.6 Å². The molecule has 1 N–H and O–H groups in total. The predicted octanol–water partition coefficient (Wildman–Crippen LogP) is 9.25. The van der Waals surface area contributed by atoms with Crippen molar-refractivity contribution in [3.63, 3.8) is 0 Å². The van der Waals surface area contributed by atoms with Crippen LogP contribution < -0.4 is 0 Å². The molecule has 6 rings (SSSR count). The molecule has 0 aliphatic heterocycles. The molecule has 0 spiro atoms. The zero-order valence-corrected chi connectivity index (χ0v) is 33.4. The maximum Gasteiger partial charge on any atom is 0.248 e. The van der Waals surface area contributed by atoms with E-state index in [-0.39, 0.29) is 30.2 Å². The van der Waals surface area contributed by atoms with Crippen LogP contribution in [0.3, 0.4) is 0 Å². The van der Waals surface area contributed by atoms with Crippen molar-refractivity contribution in [2.24, 2.45) is 0 Å². The number of benzene rings is 2. The van der Waals surface area contributed by atoms with Gasteiger partial charge in [-0.15, -0.1) is 5.10 Å². The van der Waals surface area contributed by atoms with Crippen molar-refractivity contribution in [3.8, 4) is 22.8 Å². The first kappa shape index (κ1) is 47.6. The number of halogens is 3. The first-order valence-electron chi connectivity index (χ1n) is 18.7. The Hall–Kier alpha value is -5.53. The summed E-state index contributed by atoms with van der Waals surface area (Å²) in [6, 6.07) is 20.3. The summed E-state index contributed by atoms with van der Waals surface area (Å²) >= 11 is 4.82. The lowest BCUT2D eigenvalue weighted by Gasteiger charge is -2.13. The van der Waals surface area contributed by atoms with Crippen LogP contribution in [0.1, 0.15) is 82.5 Å². The number of H-pyrrole nitrogens is 1. The molecule has 0 fully saturated rings. The van der Waals surface area contributed by atoms with E-state index in [1.165, 1.54) is 48.6 Å². The van der Waals surface area contributed by atoms with Gasteiger partial charge in [-0.25, -0.2) is 18.7 Å². The number of hydrogen-bond acceptors (Lipinski definition) is 9. The lowest BCUT2D eigenvalue weighted by molar-refractivity contribution is -0.111. The Labute approximate surface area is 340 Å². The van der Waals surface area contributed by atoms with E-state index in [4.69, 9.17) is 11.6 Å².